The van der Waals surface area contributed by atoms with Gasteiger partial charge in [0.05, 0.1) is 18.9 Å². The Balaban J connectivity index is 2.37. The molecule has 0 aliphatic carbocycles. The van der Waals surface area contributed by atoms with Crippen LogP contribution in [0.2, 0.25) is 0 Å². The molecule has 2 unspecified atom stereocenters. The number of Topliss-reactive ketones (excluding diaryl/α,β-unsaturated/α-hetero) is 1. The number of benzene rings is 2. The van der Waals surface area contributed by atoms with Crippen molar-refractivity contribution in [3.05, 3.63) is 71.8 Å². The molecule has 0 aliphatic heterocycles. The lowest BCUT2D eigenvalue weighted by atomic mass is 9.79. The van der Waals surface area contributed by atoms with Crippen LogP contribution >= 0.6 is 0 Å². The van der Waals surface area contributed by atoms with Gasteiger partial charge in [0.25, 0.3) is 0 Å². The number of ether oxygens (including phenoxy) is 1. The van der Waals surface area contributed by atoms with Gasteiger partial charge in [0.1, 0.15) is 6.29 Å². The maximum absolute atomic E-state index is 13.0. The Morgan fingerprint density at radius 1 is 1.00 bits per heavy atom. The van der Waals surface area contributed by atoms with E-state index in [1.165, 1.54) is 0 Å². The van der Waals surface area contributed by atoms with E-state index >= 15 is 0 Å². The van der Waals surface area contributed by atoms with Crippen LogP contribution in [0.4, 0.5) is 0 Å². The van der Waals surface area contributed by atoms with Crippen LogP contribution < -0.4 is 0 Å². The fourth-order valence-corrected chi connectivity index (χ4v) is 2.69. The second-order valence-corrected chi connectivity index (χ2v) is 5.43. The predicted octanol–water partition coefficient (Wildman–Crippen LogP) is 3.42. The summed E-state index contributed by atoms with van der Waals surface area (Å²) >= 11 is 0. The Kier molecular flexibility index (Phi) is 6.43. The van der Waals surface area contributed by atoms with E-state index in [0.717, 1.165) is 0 Å². The number of ketones is 1. The van der Waals surface area contributed by atoms with Crippen molar-refractivity contribution in [2.24, 2.45) is 5.92 Å². The summed E-state index contributed by atoms with van der Waals surface area (Å²) in [4.78, 5) is 36.4. The lowest BCUT2D eigenvalue weighted by molar-refractivity contribution is -0.145. The normalized spacial score (nSPS) is 12.9. The number of hydrogen-bond donors (Lipinski definition) is 0. The first-order valence-corrected chi connectivity index (χ1v) is 7.92. The summed E-state index contributed by atoms with van der Waals surface area (Å²) in [5.41, 5.74) is 1.23. The number of carbonyl (C=O) groups is 3. The average Bonchev–Trinajstić information content (AvgIpc) is 2.63. The molecule has 0 heterocycles. The van der Waals surface area contributed by atoms with Gasteiger partial charge in [-0.15, -0.1) is 0 Å². The SMILES string of the molecule is CCOC(=O)CC(C=O)C(C(=O)c1ccccc1)c1ccccc1. The van der Waals surface area contributed by atoms with Gasteiger partial charge in [-0.25, -0.2) is 0 Å². The second kappa shape index (κ2) is 8.77. The predicted molar refractivity (Wildman–Crippen MR) is 90.8 cm³/mol. The summed E-state index contributed by atoms with van der Waals surface area (Å²) < 4.78 is 4.94. The lowest BCUT2D eigenvalue weighted by Gasteiger charge is -2.22. The van der Waals surface area contributed by atoms with Crippen molar-refractivity contribution in [3.8, 4) is 0 Å². The molecule has 0 aromatic heterocycles. The minimum atomic E-state index is -0.765. The third kappa shape index (κ3) is 4.38. The minimum Gasteiger partial charge on any atom is -0.466 e. The van der Waals surface area contributed by atoms with Crippen LogP contribution in [0.15, 0.2) is 60.7 Å². The highest BCUT2D eigenvalue weighted by Gasteiger charge is 2.32. The highest BCUT2D eigenvalue weighted by molar-refractivity contribution is 6.02. The van der Waals surface area contributed by atoms with E-state index in [4.69, 9.17) is 4.74 Å². The molecule has 0 fully saturated rings. The highest BCUT2D eigenvalue weighted by atomic mass is 16.5. The van der Waals surface area contributed by atoms with E-state index in [2.05, 4.69) is 0 Å². The third-order valence-corrected chi connectivity index (χ3v) is 3.81. The fraction of sp³-hybridized carbons (Fsp3) is 0.250. The molecule has 2 atom stereocenters. The quantitative estimate of drug-likeness (QED) is 0.424. The van der Waals surface area contributed by atoms with Gasteiger partial charge in [-0.3, -0.25) is 9.59 Å². The number of carbonyl (C=O) groups excluding carboxylic acids is 3. The van der Waals surface area contributed by atoms with E-state index in [-0.39, 0.29) is 18.8 Å². The van der Waals surface area contributed by atoms with Crippen LogP contribution in [0.3, 0.4) is 0 Å². The van der Waals surface area contributed by atoms with Gasteiger partial charge in [-0.1, -0.05) is 60.7 Å². The highest BCUT2D eigenvalue weighted by Crippen LogP contribution is 2.30. The molecule has 0 bridgehead atoms. The van der Waals surface area contributed by atoms with Gasteiger partial charge in [0.15, 0.2) is 5.78 Å². The standard InChI is InChI=1S/C20H20O4/c1-2-24-18(22)13-17(14-21)19(15-9-5-3-6-10-15)20(23)16-11-7-4-8-12-16/h3-12,14,17,19H,2,13H2,1H3. The van der Waals surface area contributed by atoms with Crippen molar-refractivity contribution in [3.63, 3.8) is 0 Å². The first kappa shape index (κ1) is 17.6. The topological polar surface area (TPSA) is 60.4 Å². The van der Waals surface area contributed by atoms with Crippen molar-refractivity contribution < 1.29 is 19.1 Å². The lowest BCUT2D eigenvalue weighted by Crippen LogP contribution is -2.26. The molecule has 4 heteroatoms. The van der Waals surface area contributed by atoms with Crippen LogP contribution in [0.1, 0.15) is 35.2 Å². The molecule has 0 saturated carbocycles. The van der Waals surface area contributed by atoms with Crippen molar-refractivity contribution in [2.45, 2.75) is 19.3 Å². The molecule has 2 aromatic carbocycles. The Labute approximate surface area is 141 Å². The number of esters is 1. The molecule has 0 N–H and O–H groups in total. The number of aldehydes is 1. The Morgan fingerprint density at radius 3 is 2.12 bits per heavy atom. The zero-order valence-electron chi connectivity index (χ0n) is 13.6. The molecule has 2 aromatic rings. The second-order valence-electron chi connectivity index (χ2n) is 5.43. The molecular formula is C20H20O4. The summed E-state index contributed by atoms with van der Waals surface area (Å²) in [6, 6.07) is 17.9. The van der Waals surface area contributed by atoms with E-state index in [1.54, 1.807) is 43.3 Å². The summed E-state index contributed by atoms with van der Waals surface area (Å²) in [6.45, 7) is 1.95. The molecule has 24 heavy (non-hydrogen) atoms. The molecule has 124 valence electrons. The summed E-state index contributed by atoms with van der Waals surface area (Å²) in [5.74, 6) is -2.13. The molecule has 0 aliphatic rings. The zero-order valence-corrected chi connectivity index (χ0v) is 13.6. The van der Waals surface area contributed by atoms with Gasteiger partial charge in [-0.05, 0) is 12.5 Å². The van der Waals surface area contributed by atoms with Gasteiger partial charge in [-0.2, -0.15) is 0 Å². The zero-order chi connectivity index (χ0) is 17.4. The maximum atomic E-state index is 13.0. The Bertz CT molecular complexity index is 679. The van der Waals surface area contributed by atoms with Gasteiger partial charge in [0, 0.05) is 11.5 Å². The van der Waals surface area contributed by atoms with Crippen molar-refractivity contribution in [1.82, 2.24) is 0 Å². The molecule has 2 rings (SSSR count). The summed E-state index contributed by atoms with van der Waals surface area (Å²) in [6.07, 6.45) is 0.560. The van der Waals surface area contributed by atoms with Crippen LogP contribution in [-0.4, -0.2) is 24.6 Å². The van der Waals surface area contributed by atoms with Crippen LogP contribution in [0, 0.1) is 5.92 Å². The van der Waals surface area contributed by atoms with Crippen LogP contribution in [-0.2, 0) is 14.3 Å². The van der Waals surface area contributed by atoms with Gasteiger partial charge < -0.3 is 9.53 Å². The number of rotatable bonds is 8. The Hall–Kier alpha value is -2.75. The third-order valence-electron chi connectivity index (χ3n) is 3.81. The average molecular weight is 324 g/mol. The molecule has 0 amide bonds. The van der Waals surface area contributed by atoms with E-state index in [1.807, 2.05) is 24.3 Å². The van der Waals surface area contributed by atoms with Crippen molar-refractivity contribution >= 4 is 18.0 Å². The van der Waals surface area contributed by atoms with Crippen molar-refractivity contribution in [2.75, 3.05) is 6.61 Å². The monoisotopic (exact) mass is 324 g/mol. The maximum Gasteiger partial charge on any atom is 0.306 e. The summed E-state index contributed by atoms with van der Waals surface area (Å²) in [5, 5.41) is 0. The first-order chi connectivity index (χ1) is 11.7. The molecule has 0 saturated heterocycles. The first-order valence-electron chi connectivity index (χ1n) is 7.92. The number of hydrogen-bond acceptors (Lipinski definition) is 4. The molecule has 4 nitrogen and oxygen atoms in total. The fourth-order valence-electron chi connectivity index (χ4n) is 2.69. The van der Waals surface area contributed by atoms with Crippen molar-refractivity contribution in [1.29, 1.82) is 0 Å². The molecule has 0 spiro atoms. The molecule has 0 radical (unpaired) electrons. The largest absolute Gasteiger partial charge is 0.466 e. The summed E-state index contributed by atoms with van der Waals surface area (Å²) in [7, 11) is 0. The van der Waals surface area contributed by atoms with E-state index < -0.39 is 17.8 Å². The van der Waals surface area contributed by atoms with Crippen LogP contribution in [0.5, 0.6) is 0 Å². The van der Waals surface area contributed by atoms with Gasteiger partial charge >= 0.3 is 5.97 Å². The van der Waals surface area contributed by atoms with Gasteiger partial charge in [0.2, 0.25) is 0 Å². The smallest absolute Gasteiger partial charge is 0.306 e. The van der Waals surface area contributed by atoms with E-state index in [9.17, 15) is 14.4 Å². The molecular weight excluding hydrogens is 304 g/mol. The van der Waals surface area contributed by atoms with Crippen LogP contribution in [0.25, 0.3) is 0 Å². The minimum absolute atomic E-state index is 0.116. The Morgan fingerprint density at radius 2 is 1.58 bits per heavy atom. The van der Waals surface area contributed by atoms with E-state index in [0.29, 0.717) is 17.4 Å².